The first-order chi connectivity index (χ1) is 19.5. The van der Waals surface area contributed by atoms with Gasteiger partial charge in [0.2, 0.25) is 5.95 Å². The number of imidazole rings is 1. The van der Waals surface area contributed by atoms with Crippen LogP contribution in [0, 0.1) is 11.3 Å². The maximum atomic E-state index is 14.1. The summed E-state index contributed by atoms with van der Waals surface area (Å²) in [6.07, 6.45) is 2.52. The fourth-order valence-corrected chi connectivity index (χ4v) is 5.71. The van der Waals surface area contributed by atoms with E-state index < -0.39 is 0 Å². The third-order valence-corrected chi connectivity index (χ3v) is 7.62. The first-order valence-electron chi connectivity index (χ1n) is 13.7. The lowest BCUT2D eigenvalue weighted by molar-refractivity contribution is 0.494. The molecule has 0 amide bonds. The number of aromatic nitrogens is 5. The molecule has 2 N–H and O–H groups in total. The lowest BCUT2D eigenvalue weighted by Gasteiger charge is -2.31. The molecule has 1 aliphatic heterocycles. The third-order valence-electron chi connectivity index (χ3n) is 7.62. The van der Waals surface area contributed by atoms with Crippen LogP contribution in [0.3, 0.4) is 0 Å². The normalized spacial score (nSPS) is 15.6. The molecule has 40 heavy (non-hydrogen) atoms. The van der Waals surface area contributed by atoms with E-state index in [4.69, 9.17) is 20.8 Å². The van der Waals surface area contributed by atoms with Gasteiger partial charge in [0, 0.05) is 54.7 Å². The predicted octanol–water partition coefficient (Wildman–Crippen LogP) is 3.11. The van der Waals surface area contributed by atoms with Crippen LogP contribution >= 0.6 is 0 Å². The maximum absolute atomic E-state index is 14.1. The zero-order chi connectivity index (χ0) is 27.8. The molecule has 2 aromatic carbocycles. The first-order valence-corrected chi connectivity index (χ1v) is 13.7. The molecule has 1 atom stereocenters. The van der Waals surface area contributed by atoms with Crippen LogP contribution in [0.2, 0.25) is 0 Å². The Hall–Kier alpha value is -4.62. The maximum Gasteiger partial charge on any atom is 0.293 e. The average Bonchev–Trinajstić information content (AvgIpc) is 3.33. The first kappa shape index (κ1) is 25.6. The van der Waals surface area contributed by atoms with Gasteiger partial charge in [0.1, 0.15) is 11.0 Å². The fourth-order valence-electron chi connectivity index (χ4n) is 5.71. The highest BCUT2D eigenvalue weighted by Crippen LogP contribution is 2.26. The second-order valence-electron chi connectivity index (χ2n) is 10.2. The molecule has 5 aromatic rings. The van der Waals surface area contributed by atoms with Gasteiger partial charge in [-0.3, -0.25) is 14.6 Å². The van der Waals surface area contributed by atoms with Gasteiger partial charge < -0.3 is 15.2 Å². The molecule has 6 rings (SSSR count). The van der Waals surface area contributed by atoms with Gasteiger partial charge in [0.15, 0.2) is 5.43 Å². The molecule has 0 radical (unpaired) electrons. The zero-order valence-corrected chi connectivity index (χ0v) is 22.4. The van der Waals surface area contributed by atoms with Crippen LogP contribution in [0.5, 0.6) is 0 Å². The van der Waals surface area contributed by atoms with Crippen molar-refractivity contribution in [3.63, 3.8) is 0 Å². The van der Waals surface area contributed by atoms with Gasteiger partial charge in [-0.1, -0.05) is 36.4 Å². The van der Waals surface area contributed by atoms with Crippen molar-refractivity contribution in [3.05, 3.63) is 80.5 Å². The van der Waals surface area contributed by atoms with Crippen molar-refractivity contribution in [3.8, 4) is 6.07 Å². The topological polar surface area (TPSA) is 136 Å². The van der Waals surface area contributed by atoms with E-state index in [-0.39, 0.29) is 30.0 Å². The largest absolute Gasteiger partial charge is 0.341 e. The Labute approximate surface area is 230 Å². The molecule has 0 aliphatic carbocycles. The number of benzene rings is 2. The van der Waals surface area contributed by atoms with Crippen molar-refractivity contribution < 1.29 is 0 Å². The molecule has 1 unspecified atom stereocenters. The third kappa shape index (κ3) is 4.38. The summed E-state index contributed by atoms with van der Waals surface area (Å²) < 4.78 is 3.34. The second kappa shape index (κ2) is 10.5. The number of hydrogen-bond acceptors (Lipinski definition) is 8. The number of nitrogens with zero attached hydrogens (tertiary/aromatic N) is 7. The van der Waals surface area contributed by atoms with E-state index in [0.717, 1.165) is 19.4 Å². The van der Waals surface area contributed by atoms with Crippen LogP contribution < -0.4 is 21.6 Å². The minimum absolute atomic E-state index is 0.0469. The molecule has 1 aliphatic rings. The molecule has 3 aromatic heterocycles. The predicted molar refractivity (Wildman–Crippen MR) is 155 cm³/mol. The standard InChI is InChI=1S/C30H30N8O2/c1-2-37-27-26(34-30(37)36-16-8-9-19(32)17-36)24(14-7-15-31)35-38(29(27)40)18-25-20-10-3-4-11-21(20)28(39)22-12-5-6-13-23(22)33-25/h3-6,10-13,19H,2,7-9,14,16-18,32H2,1H3. The Balaban J connectivity index is 1.59. The van der Waals surface area contributed by atoms with Crippen LogP contribution in [0.1, 0.15) is 37.6 Å². The lowest BCUT2D eigenvalue weighted by atomic mass is 10.1. The van der Waals surface area contributed by atoms with Gasteiger partial charge in [0.05, 0.1) is 29.5 Å². The van der Waals surface area contributed by atoms with E-state index in [1.165, 1.54) is 4.68 Å². The van der Waals surface area contributed by atoms with Gasteiger partial charge >= 0.3 is 0 Å². The number of rotatable bonds is 6. The second-order valence-corrected chi connectivity index (χ2v) is 10.2. The van der Waals surface area contributed by atoms with Gasteiger partial charge in [-0.15, -0.1) is 0 Å². The van der Waals surface area contributed by atoms with E-state index in [2.05, 4.69) is 11.0 Å². The Morgan fingerprint density at radius 2 is 1.77 bits per heavy atom. The molecule has 0 spiro atoms. The summed E-state index contributed by atoms with van der Waals surface area (Å²) in [5, 5.41) is 15.8. The highest BCUT2D eigenvalue weighted by Gasteiger charge is 2.26. The SMILES string of the molecule is CCn1c(N2CCCC(N)C2)nc2c(CCC#N)nn(Cc3nc4ccccc4c(=O)c4ccccc34)c(=O)c21. The molecule has 10 heteroatoms. The summed E-state index contributed by atoms with van der Waals surface area (Å²) >= 11 is 0. The number of piperidine rings is 1. The Morgan fingerprint density at radius 3 is 2.52 bits per heavy atom. The van der Waals surface area contributed by atoms with Gasteiger partial charge in [-0.25, -0.2) is 9.67 Å². The summed E-state index contributed by atoms with van der Waals surface area (Å²) in [5.41, 5.74) is 8.56. The summed E-state index contributed by atoms with van der Waals surface area (Å²) in [7, 11) is 0. The van der Waals surface area contributed by atoms with Crippen molar-refractivity contribution in [1.29, 1.82) is 5.26 Å². The molecule has 10 nitrogen and oxygen atoms in total. The van der Waals surface area contributed by atoms with Crippen molar-refractivity contribution in [2.45, 2.75) is 51.7 Å². The Kier molecular flexibility index (Phi) is 6.74. The molecule has 202 valence electrons. The molecule has 1 fully saturated rings. The van der Waals surface area contributed by atoms with Crippen molar-refractivity contribution in [1.82, 2.24) is 24.3 Å². The minimum atomic E-state index is -0.290. The summed E-state index contributed by atoms with van der Waals surface area (Å²) in [5.74, 6) is 0.708. The number of hydrogen-bond donors (Lipinski definition) is 1. The lowest BCUT2D eigenvalue weighted by Crippen LogP contribution is -2.44. The average molecular weight is 535 g/mol. The minimum Gasteiger partial charge on any atom is -0.341 e. The molecule has 4 heterocycles. The van der Waals surface area contributed by atoms with E-state index in [0.29, 0.717) is 69.6 Å². The van der Waals surface area contributed by atoms with Crippen LogP contribution in [0.4, 0.5) is 5.95 Å². The van der Waals surface area contributed by atoms with E-state index in [9.17, 15) is 14.9 Å². The summed E-state index contributed by atoms with van der Waals surface area (Å²) in [6.45, 7) is 4.07. The fraction of sp³-hybridized carbons (Fsp3) is 0.333. The molecule has 1 saturated heterocycles. The molecular weight excluding hydrogens is 504 g/mol. The van der Waals surface area contributed by atoms with Crippen LogP contribution in [0.25, 0.3) is 32.7 Å². The number of para-hydroxylation sites is 1. The van der Waals surface area contributed by atoms with Crippen LogP contribution in [-0.2, 0) is 19.5 Å². The highest BCUT2D eigenvalue weighted by atomic mass is 16.1. The van der Waals surface area contributed by atoms with Crippen LogP contribution in [-0.4, -0.2) is 43.4 Å². The number of fused-ring (bicyclic) bond motifs is 3. The molecule has 0 bridgehead atoms. The van der Waals surface area contributed by atoms with Crippen molar-refractivity contribution >= 4 is 38.7 Å². The van der Waals surface area contributed by atoms with E-state index in [1.54, 1.807) is 18.2 Å². The van der Waals surface area contributed by atoms with Crippen molar-refractivity contribution in [2.24, 2.45) is 5.73 Å². The number of nitrogens with two attached hydrogens (primary N) is 1. The molecular formula is C30H30N8O2. The zero-order valence-electron chi connectivity index (χ0n) is 22.4. The number of aryl methyl sites for hydroxylation is 2. The Bertz CT molecular complexity index is 1920. The Morgan fingerprint density at radius 1 is 1.02 bits per heavy atom. The summed E-state index contributed by atoms with van der Waals surface area (Å²) in [4.78, 5) is 39.4. The quantitative estimate of drug-likeness (QED) is 0.351. The van der Waals surface area contributed by atoms with Crippen molar-refractivity contribution in [2.75, 3.05) is 18.0 Å². The van der Waals surface area contributed by atoms with Crippen LogP contribution in [0.15, 0.2) is 58.1 Å². The van der Waals surface area contributed by atoms with Gasteiger partial charge in [-0.05, 0) is 31.9 Å². The molecule has 0 saturated carbocycles. The number of anilines is 1. The monoisotopic (exact) mass is 534 g/mol. The summed E-state index contributed by atoms with van der Waals surface area (Å²) in [6, 6.07) is 16.8. The van der Waals surface area contributed by atoms with Gasteiger partial charge in [-0.2, -0.15) is 10.4 Å². The van der Waals surface area contributed by atoms with E-state index >= 15 is 0 Å². The number of nitriles is 1. The highest BCUT2D eigenvalue weighted by molar-refractivity contribution is 5.92. The smallest absolute Gasteiger partial charge is 0.293 e. The van der Waals surface area contributed by atoms with Gasteiger partial charge in [0.25, 0.3) is 5.56 Å². The van der Waals surface area contributed by atoms with E-state index in [1.807, 2.05) is 41.8 Å².